The Morgan fingerprint density at radius 1 is 1.50 bits per heavy atom. The van der Waals surface area contributed by atoms with Crippen LogP contribution in [0, 0.1) is 0 Å². The first-order valence-corrected chi connectivity index (χ1v) is 5.02. The maximum Gasteiger partial charge on any atom is 0.408 e. The molecule has 0 unspecified atom stereocenters. The SMILES string of the molecule is [B][n+]1ccccc1NCCCBr. The van der Waals surface area contributed by atoms with Crippen LogP contribution in [0.3, 0.4) is 0 Å². The van der Waals surface area contributed by atoms with Gasteiger partial charge in [0, 0.05) is 11.4 Å². The topological polar surface area (TPSA) is 15.9 Å². The van der Waals surface area contributed by atoms with E-state index in [0.717, 1.165) is 24.1 Å². The molecule has 0 aliphatic rings. The molecular weight excluding hydrogens is 215 g/mol. The molecule has 1 aromatic heterocycles. The average Bonchev–Trinajstić information content (AvgIpc) is 2.09. The van der Waals surface area contributed by atoms with Gasteiger partial charge in [-0.2, -0.15) is 0 Å². The second kappa shape index (κ2) is 5.20. The molecule has 0 spiro atoms. The Balaban J connectivity index is 2.46. The molecule has 0 aliphatic carbocycles. The third kappa shape index (κ3) is 2.85. The van der Waals surface area contributed by atoms with E-state index in [1.54, 1.807) is 4.48 Å². The fourth-order valence-electron chi connectivity index (χ4n) is 0.889. The van der Waals surface area contributed by atoms with Gasteiger partial charge in [0.2, 0.25) is 0 Å². The van der Waals surface area contributed by atoms with Crippen LogP contribution >= 0.6 is 15.9 Å². The van der Waals surface area contributed by atoms with Gasteiger partial charge in [0.15, 0.2) is 0 Å². The highest BCUT2D eigenvalue weighted by Gasteiger charge is 2.00. The summed E-state index contributed by atoms with van der Waals surface area (Å²) in [5.41, 5.74) is 0. The van der Waals surface area contributed by atoms with Gasteiger partial charge in [-0.25, -0.2) is 0 Å². The van der Waals surface area contributed by atoms with Crippen molar-refractivity contribution in [3.63, 3.8) is 0 Å². The number of rotatable bonds is 4. The van der Waals surface area contributed by atoms with Crippen molar-refractivity contribution >= 4 is 29.7 Å². The van der Waals surface area contributed by atoms with E-state index in [4.69, 9.17) is 7.98 Å². The normalized spacial score (nSPS) is 9.75. The highest BCUT2D eigenvalue weighted by molar-refractivity contribution is 9.09. The van der Waals surface area contributed by atoms with E-state index in [0.29, 0.717) is 0 Å². The molecule has 0 saturated heterocycles. The molecule has 0 fully saturated rings. The summed E-state index contributed by atoms with van der Waals surface area (Å²) in [4.78, 5) is 0. The van der Waals surface area contributed by atoms with Crippen molar-refractivity contribution in [3.05, 3.63) is 24.4 Å². The van der Waals surface area contributed by atoms with Crippen molar-refractivity contribution in [2.45, 2.75) is 6.42 Å². The van der Waals surface area contributed by atoms with Gasteiger partial charge in [-0.3, -0.25) is 5.32 Å². The Bertz CT molecular complexity index is 242. The van der Waals surface area contributed by atoms with Crippen LogP contribution in [0.15, 0.2) is 24.4 Å². The van der Waals surface area contributed by atoms with Crippen molar-refractivity contribution in [2.24, 2.45) is 0 Å². The number of hydrogen-bond donors (Lipinski definition) is 1. The summed E-state index contributed by atoms with van der Waals surface area (Å²) in [6, 6.07) is 5.81. The van der Waals surface area contributed by atoms with Gasteiger partial charge in [-0.1, -0.05) is 22.0 Å². The standard InChI is InChI=1S/C8H11BBrN2/c9-12-7-2-1-4-8(12)11-6-3-5-10/h1-2,4,7,11H,3,5-6H2/q+1. The van der Waals surface area contributed by atoms with E-state index < -0.39 is 0 Å². The van der Waals surface area contributed by atoms with Crippen molar-refractivity contribution < 1.29 is 4.48 Å². The lowest BCUT2D eigenvalue weighted by Gasteiger charge is -2.01. The molecule has 12 heavy (non-hydrogen) atoms. The summed E-state index contributed by atoms with van der Waals surface area (Å²) in [5, 5.41) is 4.23. The number of nitrogens with one attached hydrogen (secondary N) is 1. The molecule has 0 saturated carbocycles. The van der Waals surface area contributed by atoms with Gasteiger partial charge in [-0.05, 0) is 12.5 Å². The van der Waals surface area contributed by atoms with Crippen LogP contribution in [-0.4, -0.2) is 19.9 Å². The quantitative estimate of drug-likeness (QED) is 0.461. The minimum atomic E-state index is 0.937. The first kappa shape index (κ1) is 9.58. The maximum absolute atomic E-state index is 5.65. The van der Waals surface area contributed by atoms with Crippen LogP contribution in [0.1, 0.15) is 6.42 Å². The number of nitrogens with zero attached hydrogens (tertiary/aromatic N) is 1. The van der Waals surface area contributed by atoms with Crippen molar-refractivity contribution in [1.82, 2.24) is 0 Å². The summed E-state index contributed by atoms with van der Waals surface area (Å²) in [6.45, 7) is 0.937. The molecule has 1 heterocycles. The largest absolute Gasteiger partial charge is 0.408 e. The lowest BCUT2D eigenvalue weighted by atomic mass is 10.3. The molecule has 1 aromatic rings. The molecule has 2 radical (unpaired) electrons. The molecular formula is C8H11BBrN2+. The first-order valence-electron chi connectivity index (χ1n) is 3.90. The van der Waals surface area contributed by atoms with E-state index >= 15 is 0 Å². The van der Waals surface area contributed by atoms with E-state index in [1.165, 1.54) is 0 Å². The van der Waals surface area contributed by atoms with E-state index in [9.17, 15) is 0 Å². The summed E-state index contributed by atoms with van der Waals surface area (Å²) in [5.74, 6) is 0.943. The second-order valence-electron chi connectivity index (χ2n) is 2.46. The van der Waals surface area contributed by atoms with Crippen molar-refractivity contribution in [3.8, 4) is 0 Å². The highest BCUT2D eigenvalue weighted by Crippen LogP contribution is 1.97. The molecule has 0 amide bonds. The number of hydrogen-bond acceptors (Lipinski definition) is 1. The number of halogens is 1. The predicted octanol–water partition coefficient (Wildman–Crippen LogP) is 1.10. The fraction of sp³-hybridized carbons (Fsp3) is 0.375. The van der Waals surface area contributed by atoms with Gasteiger partial charge in [0.05, 0.1) is 12.7 Å². The van der Waals surface area contributed by atoms with E-state index in [1.807, 2.05) is 24.4 Å². The Morgan fingerprint density at radius 3 is 3.00 bits per heavy atom. The van der Waals surface area contributed by atoms with Crippen LogP contribution < -0.4 is 9.79 Å². The Morgan fingerprint density at radius 2 is 2.33 bits per heavy atom. The lowest BCUT2D eigenvalue weighted by molar-refractivity contribution is -0.505. The molecule has 1 N–H and O–H groups in total. The predicted molar refractivity (Wildman–Crippen MR) is 54.7 cm³/mol. The van der Waals surface area contributed by atoms with Gasteiger partial charge >= 0.3 is 7.98 Å². The number of aromatic nitrogens is 1. The minimum absolute atomic E-state index is 0.937. The van der Waals surface area contributed by atoms with Crippen LogP contribution in [0.2, 0.25) is 0 Å². The smallest absolute Gasteiger partial charge is 0.303 e. The summed E-state index contributed by atoms with van der Waals surface area (Å²) < 4.78 is 1.58. The van der Waals surface area contributed by atoms with Crippen molar-refractivity contribution in [2.75, 3.05) is 17.2 Å². The lowest BCUT2D eigenvalue weighted by Crippen LogP contribution is -2.34. The zero-order valence-electron chi connectivity index (χ0n) is 6.83. The first-order chi connectivity index (χ1) is 5.84. The third-order valence-electron chi connectivity index (χ3n) is 1.51. The van der Waals surface area contributed by atoms with Gasteiger partial charge < -0.3 is 4.48 Å². The van der Waals surface area contributed by atoms with Crippen LogP contribution in [0.5, 0.6) is 0 Å². The monoisotopic (exact) mass is 225 g/mol. The maximum atomic E-state index is 5.65. The summed E-state index contributed by atoms with van der Waals surface area (Å²) in [6.07, 6.45) is 2.91. The molecule has 0 aliphatic heterocycles. The number of anilines is 1. The van der Waals surface area contributed by atoms with Gasteiger partial charge in [-0.15, -0.1) is 0 Å². The Labute approximate surface area is 82.5 Å². The van der Waals surface area contributed by atoms with E-state index in [-0.39, 0.29) is 0 Å². The van der Waals surface area contributed by atoms with Crippen molar-refractivity contribution in [1.29, 1.82) is 0 Å². The highest BCUT2D eigenvalue weighted by atomic mass is 79.9. The summed E-state index contributed by atoms with van der Waals surface area (Å²) >= 11 is 3.36. The molecule has 0 atom stereocenters. The molecule has 4 heteroatoms. The second-order valence-corrected chi connectivity index (χ2v) is 3.26. The van der Waals surface area contributed by atoms with Gasteiger partial charge in [0.1, 0.15) is 0 Å². The minimum Gasteiger partial charge on any atom is -0.303 e. The molecule has 0 aromatic carbocycles. The van der Waals surface area contributed by atoms with Gasteiger partial charge in [0.25, 0.3) is 5.82 Å². The number of pyridine rings is 1. The fourth-order valence-corrected chi connectivity index (χ4v) is 1.17. The molecule has 0 bridgehead atoms. The van der Waals surface area contributed by atoms with Crippen LogP contribution in [0.4, 0.5) is 5.82 Å². The number of alkyl halides is 1. The molecule has 1 rings (SSSR count). The third-order valence-corrected chi connectivity index (χ3v) is 2.07. The van der Waals surface area contributed by atoms with Crippen LogP contribution in [-0.2, 0) is 0 Å². The molecule has 62 valence electrons. The zero-order chi connectivity index (χ0) is 8.81. The zero-order valence-corrected chi connectivity index (χ0v) is 8.42. The Hall–Kier alpha value is -0.505. The van der Waals surface area contributed by atoms with Crippen LogP contribution in [0.25, 0.3) is 0 Å². The summed E-state index contributed by atoms with van der Waals surface area (Å²) in [7, 11) is 5.65. The Kier molecular flexibility index (Phi) is 4.15. The average molecular weight is 226 g/mol. The molecule has 2 nitrogen and oxygen atoms in total. The van der Waals surface area contributed by atoms with E-state index in [2.05, 4.69) is 21.2 Å².